The summed E-state index contributed by atoms with van der Waals surface area (Å²) in [5.41, 5.74) is 2.36. The average Bonchev–Trinajstić information content (AvgIpc) is 3.36. The van der Waals surface area contributed by atoms with Gasteiger partial charge in [0, 0.05) is 31.5 Å². The second kappa shape index (κ2) is 9.54. The summed E-state index contributed by atoms with van der Waals surface area (Å²) in [6.45, 7) is 2.90. The highest BCUT2D eigenvalue weighted by atomic mass is 32.2. The largest absolute Gasteiger partial charge is 0.380 e. The van der Waals surface area contributed by atoms with Gasteiger partial charge in [0.25, 0.3) is 11.8 Å². The van der Waals surface area contributed by atoms with E-state index in [1.807, 2.05) is 0 Å². The van der Waals surface area contributed by atoms with E-state index >= 15 is 0 Å². The number of hydrogen-bond acceptors (Lipinski definition) is 8. The van der Waals surface area contributed by atoms with Gasteiger partial charge in [0.2, 0.25) is 16.0 Å². The van der Waals surface area contributed by atoms with E-state index in [1.54, 1.807) is 31.2 Å². The van der Waals surface area contributed by atoms with Crippen molar-refractivity contribution in [2.75, 3.05) is 59.2 Å². The van der Waals surface area contributed by atoms with Crippen molar-refractivity contribution in [3.8, 4) is 0 Å². The number of aromatic nitrogens is 2. The van der Waals surface area contributed by atoms with Gasteiger partial charge in [0.05, 0.1) is 36.6 Å². The third-order valence-electron chi connectivity index (χ3n) is 8.16. The fourth-order valence-electron chi connectivity index (χ4n) is 5.55. The number of nitrogens with one attached hydrogen (secondary N) is 2. The first-order chi connectivity index (χ1) is 18.5. The van der Waals surface area contributed by atoms with Crippen LogP contribution in [-0.2, 0) is 14.8 Å². The maximum atomic E-state index is 13.5. The molecule has 1 saturated carbocycles. The zero-order valence-electron chi connectivity index (χ0n) is 21.8. The van der Waals surface area contributed by atoms with Gasteiger partial charge in [-0.3, -0.25) is 9.52 Å². The number of benzene rings is 1. The van der Waals surface area contributed by atoms with Crippen LogP contribution in [0.1, 0.15) is 48.2 Å². The molecule has 39 heavy (non-hydrogen) atoms. The van der Waals surface area contributed by atoms with Crippen LogP contribution >= 0.6 is 0 Å². The van der Waals surface area contributed by atoms with Gasteiger partial charge in [-0.1, -0.05) is 0 Å². The molecule has 0 radical (unpaired) electrons. The Bertz CT molecular complexity index is 1380. The Morgan fingerprint density at radius 2 is 1.82 bits per heavy atom. The third-order valence-corrected chi connectivity index (χ3v) is 9.93. The number of piperidine rings is 1. The number of amides is 1. The standard InChI is InChI=1S/C26H32F2N6O4S/c1-17-12-22(31-24(29-17)34-15-26(27,28)16-34)30-23(35)20-3-2-18(32-39(36,37)19-4-11-38-14-19)13-21(20)33-9-7-25(5-6-25)8-10-33/h2-3,12-13,19,32H,4-11,14-16H2,1H3,(H,29,30,31,35)/t19-/m1/s1. The van der Waals surface area contributed by atoms with Gasteiger partial charge in [0.1, 0.15) is 11.1 Å². The maximum absolute atomic E-state index is 13.5. The number of aryl methyl sites for hydroxylation is 1. The van der Waals surface area contributed by atoms with Crippen molar-refractivity contribution in [3.63, 3.8) is 0 Å². The van der Waals surface area contributed by atoms with E-state index in [0.717, 1.165) is 25.9 Å². The van der Waals surface area contributed by atoms with E-state index in [9.17, 15) is 22.0 Å². The number of anilines is 4. The number of ether oxygens (including phenoxy) is 1. The van der Waals surface area contributed by atoms with E-state index < -0.39 is 40.2 Å². The highest BCUT2D eigenvalue weighted by molar-refractivity contribution is 7.93. The SMILES string of the molecule is Cc1cc(NC(=O)c2ccc(NS(=O)(=O)[C@@H]3CCOC3)cc2N2CCC3(CC2)CC3)nc(N2CC(F)(F)C2)n1. The van der Waals surface area contributed by atoms with Crippen LogP contribution in [0.25, 0.3) is 0 Å². The van der Waals surface area contributed by atoms with Gasteiger partial charge in [-0.2, -0.15) is 4.98 Å². The van der Waals surface area contributed by atoms with Crippen LogP contribution in [0.5, 0.6) is 0 Å². The van der Waals surface area contributed by atoms with Crippen LogP contribution in [0.2, 0.25) is 0 Å². The number of carbonyl (C=O) groups excluding carboxylic acids is 1. The van der Waals surface area contributed by atoms with Crippen LogP contribution in [0.3, 0.4) is 0 Å². The monoisotopic (exact) mass is 562 g/mol. The summed E-state index contributed by atoms with van der Waals surface area (Å²) >= 11 is 0. The molecule has 0 bridgehead atoms. The van der Waals surface area contributed by atoms with E-state index in [0.29, 0.717) is 41.1 Å². The number of halogens is 2. The molecule has 0 unspecified atom stereocenters. The van der Waals surface area contributed by atoms with Gasteiger partial charge in [-0.05, 0) is 62.6 Å². The van der Waals surface area contributed by atoms with Gasteiger partial charge >= 0.3 is 0 Å². The first-order valence-corrected chi connectivity index (χ1v) is 14.8. The molecule has 4 heterocycles. The van der Waals surface area contributed by atoms with E-state index in [1.165, 1.54) is 17.7 Å². The Kier molecular flexibility index (Phi) is 6.41. The maximum Gasteiger partial charge on any atom is 0.282 e. The van der Waals surface area contributed by atoms with E-state index in [4.69, 9.17) is 4.74 Å². The molecule has 3 saturated heterocycles. The Balaban J connectivity index is 1.25. The number of carbonyl (C=O) groups is 1. The second-order valence-electron chi connectivity index (χ2n) is 11.2. The topological polar surface area (TPSA) is 117 Å². The van der Waals surface area contributed by atoms with Crippen molar-refractivity contribution in [1.29, 1.82) is 0 Å². The van der Waals surface area contributed by atoms with Crippen LogP contribution in [0.15, 0.2) is 24.3 Å². The molecule has 1 aliphatic carbocycles. The number of alkyl halides is 2. The van der Waals surface area contributed by atoms with Crippen molar-refractivity contribution in [2.24, 2.45) is 5.41 Å². The number of nitrogens with zero attached hydrogens (tertiary/aromatic N) is 4. The van der Waals surface area contributed by atoms with Crippen LogP contribution in [0.4, 0.5) is 31.9 Å². The zero-order chi connectivity index (χ0) is 27.4. The smallest absolute Gasteiger partial charge is 0.282 e. The lowest BCUT2D eigenvalue weighted by Gasteiger charge is -2.38. The molecule has 210 valence electrons. The molecule has 2 N–H and O–H groups in total. The molecule has 4 aliphatic rings. The molecule has 1 atom stereocenters. The first kappa shape index (κ1) is 26.2. The predicted octanol–water partition coefficient (Wildman–Crippen LogP) is 3.40. The summed E-state index contributed by atoms with van der Waals surface area (Å²) in [7, 11) is -3.64. The number of sulfonamides is 1. The summed E-state index contributed by atoms with van der Waals surface area (Å²) < 4.78 is 60.5. The Labute approximate surface area is 226 Å². The normalized spacial score (nSPS) is 23.4. The molecule has 1 spiro atoms. The molecule has 6 rings (SSSR count). The minimum Gasteiger partial charge on any atom is -0.380 e. The minimum absolute atomic E-state index is 0.142. The summed E-state index contributed by atoms with van der Waals surface area (Å²) in [5.74, 6) is -2.84. The van der Waals surface area contributed by atoms with Crippen molar-refractivity contribution in [1.82, 2.24) is 9.97 Å². The fraction of sp³-hybridized carbons (Fsp3) is 0.577. The Morgan fingerprint density at radius 3 is 2.46 bits per heavy atom. The third kappa shape index (κ3) is 5.51. The highest BCUT2D eigenvalue weighted by Crippen LogP contribution is 2.54. The van der Waals surface area contributed by atoms with Gasteiger partial charge in [-0.25, -0.2) is 22.2 Å². The lowest BCUT2D eigenvalue weighted by atomic mass is 9.93. The molecule has 1 aromatic heterocycles. The molecular formula is C26H32F2N6O4S. The molecule has 1 aromatic carbocycles. The lowest BCUT2D eigenvalue weighted by Crippen LogP contribution is -2.57. The summed E-state index contributed by atoms with van der Waals surface area (Å²) in [4.78, 5) is 25.6. The van der Waals surface area contributed by atoms with Crippen molar-refractivity contribution < 1.29 is 26.7 Å². The van der Waals surface area contributed by atoms with Crippen molar-refractivity contribution in [2.45, 2.75) is 50.2 Å². The highest BCUT2D eigenvalue weighted by Gasteiger charge is 2.46. The lowest BCUT2D eigenvalue weighted by molar-refractivity contribution is -0.0271. The minimum atomic E-state index is -3.64. The molecule has 13 heteroatoms. The van der Waals surface area contributed by atoms with Gasteiger partial charge < -0.3 is 19.9 Å². The van der Waals surface area contributed by atoms with Crippen molar-refractivity contribution >= 4 is 39.1 Å². The van der Waals surface area contributed by atoms with Gasteiger partial charge in [-0.15, -0.1) is 0 Å². The molecule has 3 aliphatic heterocycles. The fourth-order valence-corrected chi connectivity index (χ4v) is 6.85. The quantitative estimate of drug-likeness (QED) is 0.528. The summed E-state index contributed by atoms with van der Waals surface area (Å²) in [5, 5.41) is 2.18. The first-order valence-electron chi connectivity index (χ1n) is 13.3. The molecule has 10 nitrogen and oxygen atoms in total. The Morgan fingerprint density at radius 1 is 1.08 bits per heavy atom. The van der Waals surface area contributed by atoms with E-state index in [-0.39, 0.29) is 18.4 Å². The average molecular weight is 563 g/mol. The summed E-state index contributed by atoms with van der Waals surface area (Å²) in [6, 6.07) is 6.49. The number of hydrogen-bond donors (Lipinski definition) is 2. The Hall–Kier alpha value is -3.06. The van der Waals surface area contributed by atoms with Gasteiger partial charge in [0.15, 0.2) is 0 Å². The summed E-state index contributed by atoms with van der Waals surface area (Å²) in [6.07, 6.45) is 4.95. The molecule has 4 fully saturated rings. The zero-order valence-corrected chi connectivity index (χ0v) is 22.6. The van der Waals surface area contributed by atoms with E-state index in [2.05, 4.69) is 24.9 Å². The van der Waals surface area contributed by atoms with Crippen LogP contribution in [-0.4, -0.2) is 74.9 Å². The second-order valence-corrected chi connectivity index (χ2v) is 13.2. The van der Waals surface area contributed by atoms with Crippen LogP contribution in [0, 0.1) is 12.3 Å². The van der Waals surface area contributed by atoms with Crippen LogP contribution < -0.4 is 19.8 Å². The molecule has 2 aromatic rings. The predicted molar refractivity (Wildman–Crippen MR) is 143 cm³/mol. The molecular weight excluding hydrogens is 530 g/mol. The van der Waals surface area contributed by atoms with Crippen molar-refractivity contribution in [3.05, 3.63) is 35.5 Å². The molecule has 1 amide bonds. The number of rotatable bonds is 7.